The molecular formula is C19H33IN4O3S. The molecule has 1 aromatic rings. The molecule has 0 spiro atoms. The van der Waals surface area contributed by atoms with Crippen LogP contribution in [0.4, 0.5) is 0 Å². The molecule has 0 unspecified atom stereocenters. The molecule has 160 valence electrons. The van der Waals surface area contributed by atoms with E-state index in [2.05, 4.69) is 21.7 Å². The maximum Gasteiger partial charge on any atom is 0.211 e. The van der Waals surface area contributed by atoms with Crippen molar-refractivity contribution in [2.45, 2.75) is 46.2 Å². The summed E-state index contributed by atoms with van der Waals surface area (Å²) in [5, 5.41) is 6.51. The number of rotatable bonds is 8. The lowest BCUT2D eigenvalue weighted by Crippen LogP contribution is -2.46. The Morgan fingerprint density at radius 3 is 2.71 bits per heavy atom. The first-order chi connectivity index (χ1) is 12.8. The number of aryl methyl sites for hydroxylation is 1. The monoisotopic (exact) mass is 524 g/mol. The quantitative estimate of drug-likeness (QED) is 0.310. The third-order valence-electron chi connectivity index (χ3n) is 4.53. The number of halogens is 1. The maximum atomic E-state index is 11.9. The molecule has 0 radical (unpaired) electrons. The summed E-state index contributed by atoms with van der Waals surface area (Å²) in [6.07, 6.45) is 3.04. The Morgan fingerprint density at radius 1 is 1.32 bits per heavy atom. The Balaban J connectivity index is 0.00000392. The van der Waals surface area contributed by atoms with E-state index < -0.39 is 10.0 Å². The largest absolute Gasteiger partial charge is 0.494 e. The highest BCUT2D eigenvalue weighted by Crippen LogP contribution is 2.21. The molecule has 0 aliphatic carbocycles. The minimum atomic E-state index is -3.17. The Hall–Kier alpha value is -1.07. The average Bonchev–Trinajstić information content (AvgIpc) is 3.08. The topological polar surface area (TPSA) is 83.0 Å². The maximum absolute atomic E-state index is 11.9. The van der Waals surface area contributed by atoms with Crippen LogP contribution < -0.4 is 15.4 Å². The van der Waals surface area contributed by atoms with Gasteiger partial charge in [-0.15, -0.1) is 24.0 Å². The molecule has 0 aromatic heterocycles. The highest BCUT2D eigenvalue weighted by molar-refractivity contribution is 14.0. The third kappa shape index (κ3) is 7.40. The van der Waals surface area contributed by atoms with E-state index in [1.807, 2.05) is 32.9 Å². The van der Waals surface area contributed by atoms with Gasteiger partial charge in [0.15, 0.2) is 5.96 Å². The van der Waals surface area contributed by atoms with Gasteiger partial charge in [0.1, 0.15) is 5.75 Å². The highest BCUT2D eigenvalue weighted by atomic mass is 127. The van der Waals surface area contributed by atoms with E-state index in [-0.39, 0.29) is 30.0 Å². The molecule has 2 rings (SSSR count). The zero-order valence-electron chi connectivity index (χ0n) is 17.2. The first-order valence-corrected chi connectivity index (χ1v) is 11.4. The van der Waals surface area contributed by atoms with Crippen LogP contribution in [-0.4, -0.2) is 57.2 Å². The fourth-order valence-corrected chi connectivity index (χ4v) is 4.43. The van der Waals surface area contributed by atoms with Crippen molar-refractivity contribution in [1.29, 1.82) is 0 Å². The number of hydrogen-bond donors (Lipinski definition) is 2. The number of hydrogen-bond acceptors (Lipinski definition) is 4. The van der Waals surface area contributed by atoms with Crippen LogP contribution >= 0.6 is 24.0 Å². The molecule has 1 aliphatic heterocycles. The van der Waals surface area contributed by atoms with Crippen LogP contribution in [0.3, 0.4) is 0 Å². The SMILES string of the molecule is CCNC(=NCc1ccc(C)cc1OCC)NC[C@H]1CCCN1S(C)(=O)=O.I. The number of sulfonamides is 1. The summed E-state index contributed by atoms with van der Waals surface area (Å²) < 4.78 is 31.1. The van der Waals surface area contributed by atoms with E-state index in [9.17, 15) is 8.42 Å². The predicted octanol–water partition coefficient (Wildman–Crippen LogP) is 2.49. The van der Waals surface area contributed by atoms with Gasteiger partial charge in [-0.2, -0.15) is 4.31 Å². The summed E-state index contributed by atoms with van der Waals surface area (Å²) in [6, 6.07) is 6.09. The number of aliphatic imine (C=N–C) groups is 1. The normalized spacial score (nSPS) is 17.9. The minimum Gasteiger partial charge on any atom is -0.494 e. The van der Waals surface area contributed by atoms with Crippen molar-refractivity contribution < 1.29 is 13.2 Å². The molecule has 0 amide bonds. The molecule has 1 fully saturated rings. The number of benzene rings is 1. The zero-order valence-corrected chi connectivity index (χ0v) is 20.3. The number of nitrogens with one attached hydrogen (secondary N) is 2. The minimum absolute atomic E-state index is 0. The van der Waals surface area contributed by atoms with Crippen LogP contribution in [-0.2, 0) is 16.6 Å². The van der Waals surface area contributed by atoms with Crippen LogP contribution in [0.25, 0.3) is 0 Å². The first-order valence-electron chi connectivity index (χ1n) is 9.56. The van der Waals surface area contributed by atoms with Gasteiger partial charge in [-0.25, -0.2) is 13.4 Å². The number of nitrogens with zero attached hydrogens (tertiary/aromatic N) is 2. The van der Waals surface area contributed by atoms with Gasteiger partial charge in [-0.05, 0) is 45.2 Å². The van der Waals surface area contributed by atoms with Gasteiger partial charge in [0.2, 0.25) is 10.0 Å². The molecule has 1 saturated heterocycles. The molecule has 1 aliphatic rings. The highest BCUT2D eigenvalue weighted by Gasteiger charge is 2.31. The van der Waals surface area contributed by atoms with E-state index in [0.29, 0.717) is 32.2 Å². The van der Waals surface area contributed by atoms with Crippen LogP contribution in [0.5, 0.6) is 5.75 Å². The summed E-state index contributed by atoms with van der Waals surface area (Å²) in [5.74, 6) is 1.54. The fourth-order valence-electron chi connectivity index (χ4n) is 3.25. The molecule has 28 heavy (non-hydrogen) atoms. The van der Waals surface area contributed by atoms with Gasteiger partial charge >= 0.3 is 0 Å². The Bertz CT molecular complexity index is 756. The first kappa shape index (κ1) is 25.0. The third-order valence-corrected chi connectivity index (χ3v) is 5.86. The van der Waals surface area contributed by atoms with Crippen molar-refractivity contribution in [2.24, 2.45) is 4.99 Å². The molecular weight excluding hydrogens is 491 g/mol. The second kappa shape index (κ2) is 11.8. The van der Waals surface area contributed by atoms with E-state index in [1.54, 1.807) is 4.31 Å². The van der Waals surface area contributed by atoms with Crippen LogP contribution in [0.1, 0.15) is 37.8 Å². The molecule has 2 N–H and O–H groups in total. The molecule has 1 atom stereocenters. The van der Waals surface area contributed by atoms with Crippen LogP contribution in [0.15, 0.2) is 23.2 Å². The van der Waals surface area contributed by atoms with Crippen LogP contribution in [0, 0.1) is 6.92 Å². The summed E-state index contributed by atoms with van der Waals surface area (Å²) in [7, 11) is -3.17. The summed E-state index contributed by atoms with van der Waals surface area (Å²) in [5.41, 5.74) is 2.18. The average molecular weight is 524 g/mol. The molecule has 0 bridgehead atoms. The van der Waals surface area contributed by atoms with Gasteiger partial charge in [0, 0.05) is 31.2 Å². The molecule has 1 heterocycles. The van der Waals surface area contributed by atoms with Crippen molar-refractivity contribution in [1.82, 2.24) is 14.9 Å². The molecule has 7 nitrogen and oxygen atoms in total. The Labute approximate surface area is 186 Å². The fraction of sp³-hybridized carbons (Fsp3) is 0.632. The second-order valence-electron chi connectivity index (χ2n) is 6.79. The van der Waals surface area contributed by atoms with Gasteiger partial charge in [-0.1, -0.05) is 12.1 Å². The van der Waals surface area contributed by atoms with Gasteiger partial charge in [0.25, 0.3) is 0 Å². The zero-order chi connectivity index (χ0) is 19.9. The lowest BCUT2D eigenvalue weighted by Gasteiger charge is -2.23. The predicted molar refractivity (Wildman–Crippen MR) is 125 cm³/mol. The molecule has 9 heteroatoms. The Kier molecular flexibility index (Phi) is 10.5. The van der Waals surface area contributed by atoms with E-state index in [1.165, 1.54) is 6.26 Å². The number of guanidine groups is 1. The second-order valence-corrected chi connectivity index (χ2v) is 8.73. The van der Waals surface area contributed by atoms with Crippen LogP contribution in [0.2, 0.25) is 0 Å². The van der Waals surface area contributed by atoms with Crippen molar-refractivity contribution in [3.63, 3.8) is 0 Å². The van der Waals surface area contributed by atoms with Gasteiger partial charge in [0.05, 0.1) is 19.4 Å². The van der Waals surface area contributed by atoms with E-state index >= 15 is 0 Å². The molecule has 0 saturated carbocycles. The van der Waals surface area contributed by atoms with Gasteiger partial charge < -0.3 is 15.4 Å². The lowest BCUT2D eigenvalue weighted by molar-refractivity contribution is 0.336. The molecule has 1 aromatic carbocycles. The Morgan fingerprint density at radius 2 is 2.07 bits per heavy atom. The van der Waals surface area contributed by atoms with Crippen molar-refractivity contribution >= 4 is 40.0 Å². The standard InChI is InChI=1S/C19H32N4O3S.HI/c1-5-20-19(22-14-17-8-7-11-23(17)27(4,24)25)21-13-16-10-9-15(3)12-18(16)26-6-2;/h9-10,12,17H,5-8,11,13-14H2,1-4H3,(H2,20,21,22);1H/t17-;/m1./s1. The van der Waals surface area contributed by atoms with E-state index in [4.69, 9.17) is 4.74 Å². The smallest absolute Gasteiger partial charge is 0.211 e. The number of ether oxygens (including phenoxy) is 1. The lowest BCUT2D eigenvalue weighted by atomic mass is 10.1. The van der Waals surface area contributed by atoms with Crippen molar-refractivity contribution in [3.8, 4) is 5.75 Å². The summed E-state index contributed by atoms with van der Waals surface area (Å²) in [4.78, 5) is 4.65. The van der Waals surface area contributed by atoms with E-state index in [0.717, 1.165) is 36.3 Å². The van der Waals surface area contributed by atoms with Crippen molar-refractivity contribution in [2.75, 3.05) is 32.5 Å². The summed E-state index contributed by atoms with van der Waals surface area (Å²) in [6.45, 7) is 9.00. The van der Waals surface area contributed by atoms with Crippen molar-refractivity contribution in [3.05, 3.63) is 29.3 Å². The van der Waals surface area contributed by atoms with Gasteiger partial charge in [-0.3, -0.25) is 0 Å². The summed E-state index contributed by atoms with van der Waals surface area (Å²) >= 11 is 0.